The van der Waals surface area contributed by atoms with E-state index < -0.39 is 16.8 Å². The van der Waals surface area contributed by atoms with Gasteiger partial charge in [0.15, 0.2) is 0 Å². The maximum absolute atomic E-state index is 11.4. The molecule has 2 unspecified atom stereocenters. The van der Waals surface area contributed by atoms with Crippen LogP contribution >= 0.6 is 27.7 Å². The molecule has 0 bridgehead atoms. The van der Waals surface area contributed by atoms with Gasteiger partial charge in [-0.2, -0.15) is 0 Å². The van der Waals surface area contributed by atoms with Crippen LogP contribution in [0.1, 0.15) is 35.9 Å². The molecule has 20 heavy (non-hydrogen) atoms. The average molecular weight is 360 g/mol. The smallest absolute Gasteiger partial charge is 0.322 e. The third-order valence-electron chi connectivity index (χ3n) is 3.68. The SMILES string of the molecule is Cc1cc(Br)c(C)c(C2NC(C(=O)O)C(C)(C)S2)c1O. The highest BCUT2D eigenvalue weighted by atomic mass is 79.9. The quantitative estimate of drug-likeness (QED) is 0.755. The highest BCUT2D eigenvalue weighted by Gasteiger charge is 2.46. The number of benzene rings is 1. The summed E-state index contributed by atoms with van der Waals surface area (Å²) in [5.41, 5.74) is 2.47. The van der Waals surface area contributed by atoms with Gasteiger partial charge in [-0.1, -0.05) is 15.9 Å². The fourth-order valence-electron chi connectivity index (χ4n) is 2.47. The molecule has 1 aliphatic heterocycles. The van der Waals surface area contributed by atoms with Crippen molar-refractivity contribution in [2.45, 2.75) is 43.9 Å². The Bertz CT molecular complexity index is 548. The van der Waals surface area contributed by atoms with Gasteiger partial charge in [-0.15, -0.1) is 11.8 Å². The van der Waals surface area contributed by atoms with E-state index in [1.165, 1.54) is 11.8 Å². The fourth-order valence-corrected chi connectivity index (χ4v) is 4.55. The van der Waals surface area contributed by atoms with E-state index in [1.54, 1.807) is 0 Å². The topological polar surface area (TPSA) is 69.6 Å². The van der Waals surface area contributed by atoms with Gasteiger partial charge in [0.1, 0.15) is 11.8 Å². The van der Waals surface area contributed by atoms with Gasteiger partial charge in [-0.25, -0.2) is 0 Å². The molecule has 1 aromatic rings. The summed E-state index contributed by atoms with van der Waals surface area (Å²) in [7, 11) is 0. The normalized spacial score (nSPS) is 24.9. The van der Waals surface area contributed by atoms with Crippen LogP contribution in [0.25, 0.3) is 0 Å². The third-order valence-corrected chi connectivity index (χ3v) is 5.95. The summed E-state index contributed by atoms with van der Waals surface area (Å²) >= 11 is 5.02. The molecule has 0 amide bonds. The zero-order chi connectivity index (χ0) is 15.2. The predicted molar refractivity (Wildman–Crippen MR) is 84.3 cm³/mol. The van der Waals surface area contributed by atoms with Crippen molar-refractivity contribution >= 4 is 33.7 Å². The molecule has 0 spiro atoms. The van der Waals surface area contributed by atoms with Crippen LogP contribution in [0.5, 0.6) is 5.75 Å². The van der Waals surface area contributed by atoms with Crippen molar-refractivity contribution < 1.29 is 15.0 Å². The van der Waals surface area contributed by atoms with Gasteiger partial charge >= 0.3 is 5.97 Å². The molecule has 1 heterocycles. The van der Waals surface area contributed by atoms with Crippen LogP contribution in [0.2, 0.25) is 0 Å². The summed E-state index contributed by atoms with van der Waals surface area (Å²) in [5.74, 6) is -0.633. The highest BCUT2D eigenvalue weighted by Crippen LogP contribution is 2.50. The van der Waals surface area contributed by atoms with Crippen molar-refractivity contribution in [3.63, 3.8) is 0 Å². The first-order valence-corrected chi connectivity index (χ1v) is 7.97. The largest absolute Gasteiger partial charge is 0.507 e. The second-order valence-corrected chi connectivity index (χ2v) is 8.22. The van der Waals surface area contributed by atoms with Gasteiger partial charge in [0.25, 0.3) is 0 Å². The minimum Gasteiger partial charge on any atom is -0.507 e. The Morgan fingerprint density at radius 1 is 1.45 bits per heavy atom. The van der Waals surface area contributed by atoms with Crippen molar-refractivity contribution in [2.75, 3.05) is 0 Å². The van der Waals surface area contributed by atoms with E-state index >= 15 is 0 Å². The van der Waals surface area contributed by atoms with Crippen molar-refractivity contribution in [2.24, 2.45) is 0 Å². The van der Waals surface area contributed by atoms with Crippen LogP contribution in [0.3, 0.4) is 0 Å². The molecular weight excluding hydrogens is 342 g/mol. The van der Waals surface area contributed by atoms with Crippen molar-refractivity contribution in [1.82, 2.24) is 5.32 Å². The van der Waals surface area contributed by atoms with Gasteiger partial charge in [0.05, 0.1) is 5.37 Å². The molecule has 0 radical (unpaired) electrons. The minimum absolute atomic E-state index is 0.234. The zero-order valence-corrected chi connectivity index (χ0v) is 14.2. The predicted octanol–water partition coefficient (Wildman–Crippen LogP) is 3.34. The summed E-state index contributed by atoms with van der Waals surface area (Å²) in [6.07, 6.45) is 0. The summed E-state index contributed by atoms with van der Waals surface area (Å²) < 4.78 is 0.479. The van der Waals surface area contributed by atoms with E-state index in [0.29, 0.717) is 0 Å². The first-order valence-electron chi connectivity index (χ1n) is 6.30. The lowest BCUT2D eigenvalue weighted by Crippen LogP contribution is -2.43. The number of phenols is 1. The number of aliphatic carboxylic acids is 1. The van der Waals surface area contributed by atoms with E-state index in [-0.39, 0.29) is 11.1 Å². The monoisotopic (exact) mass is 359 g/mol. The second-order valence-electron chi connectivity index (χ2n) is 5.60. The Morgan fingerprint density at radius 3 is 2.55 bits per heavy atom. The number of aromatic hydroxyl groups is 1. The van der Waals surface area contributed by atoms with Crippen LogP contribution in [0.15, 0.2) is 10.5 Å². The number of carbonyl (C=O) groups is 1. The van der Waals surface area contributed by atoms with Gasteiger partial charge in [-0.05, 0) is 44.9 Å². The second kappa shape index (κ2) is 5.24. The molecule has 0 saturated carbocycles. The molecule has 1 saturated heterocycles. The van der Waals surface area contributed by atoms with Crippen LogP contribution in [0.4, 0.5) is 0 Å². The zero-order valence-electron chi connectivity index (χ0n) is 11.8. The molecule has 0 aliphatic carbocycles. The van der Waals surface area contributed by atoms with Crippen molar-refractivity contribution in [3.8, 4) is 5.75 Å². The van der Waals surface area contributed by atoms with E-state index in [1.807, 2.05) is 33.8 Å². The molecule has 2 atom stereocenters. The van der Waals surface area contributed by atoms with Gasteiger partial charge in [0.2, 0.25) is 0 Å². The molecule has 4 nitrogen and oxygen atoms in total. The van der Waals surface area contributed by atoms with Crippen LogP contribution in [-0.2, 0) is 4.79 Å². The number of halogens is 1. The minimum atomic E-state index is -0.867. The Balaban J connectivity index is 2.47. The lowest BCUT2D eigenvalue weighted by atomic mass is 10.0. The fraction of sp³-hybridized carbons (Fsp3) is 0.500. The van der Waals surface area contributed by atoms with Crippen molar-refractivity contribution in [1.29, 1.82) is 0 Å². The van der Waals surface area contributed by atoms with Gasteiger partial charge in [0, 0.05) is 14.8 Å². The number of carboxylic acids is 1. The average Bonchev–Trinajstić information content (AvgIpc) is 2.63. The number of hydrogen-bond acceptors (Lipinski definition) is 4. The van der Waals surface area contributed by atoms with E-state index in [4.69, 9.17) is 0 Å². The molecule has 6 heteroatoms. The van der Waals surface area contributed by atoms with Gasteiger partial charge < -0.3 is 10.2 Å². The molecule has 1 aliphatic rings. The lowest BCUT2D eigenvalue weighted by molar-refractivity contribution is -0.139. The first kappa shape index (κ1) is 15.7. The van der Waals surface area contributed by atoms with Crippen LogP contribution in [-0.4, -0.2) is 27.0 Å². The van der Waals surface area contributed by atoms with Crippen molar-refractivity contribution in [3.05, 3.63) is 27.2 Å². The standard InChI is InChI=1S/C14H18BrNO3S/c1-6-5-8(15)7(2)9(10(6)17)12-16-11(13(18)19)14(3,4)20-12/h5,11-12,16-17H,1-4H3,(H,18,19). The molecule has 1 fully saturated rings. The number of thioether (sulfide) groups is 1. The number of nitrogens with one attached hydrogen (secondary N) is 1. The van der Waals surface area contributed by atoms with E-state index in [2.05, 4.69) is 21.2 Å². The first-order chi connectivity index (χ1) is 9.15. The summed E-state index contributed by atoms with van der Waals surface area (Å²) in [4.78, 5) is 11.4. The summed E-state index contributed by atoms with van der Waals surface area (Å²) in [5, 5.41) is 22.5. The molecule has 3 N–H and O–H groups in total. The Labute approximate surface area is 131 Å². The summed E-state index contributed by atoms with van der Waals surface area (Å²) in [6, 6.07) is 1.23. The van der Waals surface area contributed by atoms with Crippen LogP contribution < -0.4 is 5.32 Å². The Hall–Kier alpha value is -0.720. The van der Waals surface area contributed by atoms with E-state index in [0.717, 1.165) is 21.2 Å². The number of hydrogen-bond donors (Lipinski definition) is 3. The molecule has 1 aromatic carbocycles. The lowest BCUT2D eigenvalue weighted by Gasteiger charge is -2.21. The summed E-state index contributed by atoms with van der Waals surface area (Å²) in [6.45, 7) is 7.56. The Kier molecular flexibility index (Phi) is 4.10. The van der Waals surface area contributed by atoms with E-state index in [9.17, 15) is 15.0 Å². The number of phenolic OH excluding ortho intramolecular Hbond substituents is 1. The third kappa shape index (κ3) is 2.56. The number of rotatable bonds is 2. The van der Waals surface area contributed by atoms with Crippen LogP contribution in [0, 0.1) is 13.8 Å². The number of aryl methyl sites for hydroxylation is 1. The Morgan fingerprint density at radius 2 is 2.05 bits per heavy atom. The maximum atomic E-state index is 11.4. The molecular formula is C14H18BrNO3S. The molecule has 110 valence electrons. The molecule has 0 aromatic heterocycles. The number of carboxylic acid groups (broad SMARTS) is 1. The maximum Gasteiger partial charge on any atom is 0.322 e. The molecule has 2 rings (SSSR count). The van der Waals surface area contributed by atoms with Gasteiger partial charge in [-0.3, -0.25) is 10.1 Å². The highest BCUT2D eigenvalue weighted by molar-refractivity contribution is 9.10.